The highest BCUT2D eigenvalue weighted by Gasteiger charge is 2.33. The van der Waals surface area contributed by atoms with Crippen LogP contribution < -0.4 is 5.32 Å². The summed E-state index contributed by atoms with van der Waals surface area (Å²) in [7, 11) is 1.86. The van der Waals surface area contributed by atoms with Crippen molar-refractivity contribution in [3.8, 4) is 0 Å². The van der Waals surface area contributed by atoms with E-state index < -0.39 is 5.60 Å². The molecule has 0 radical (unpaired) electrons. The van der Waals surface area contributed by atoms with Crippen LogP contribution in [0.1, 0.15) is 50.8 Å². The Balaban J connectivity index is 2.18. The van der Waals surface area contributed by atoms with Crippen LogP contribution in [0.25, 0.3) is 0 Å². The standard InChI is InChI=1S/C16H25N3O2/c1-11-9-12(10-18-14(11)17-5)13-7-6-8-19(13)15(20)21-16(2,3)4/h9-10,13H,6-8H2,1-5H3,(H,17,18). The van der Waals surface area contributed by atoms with E-state index in [2.05, 4.69) is 16.4 Å². The maximum atomic E-state index is 12.3. The predicted octanol–water partition coefficient (Wildman–Crippen LogP) is 3.50. The first kappa shape index (κ1) is 15.6. The molecule has 2 heterocycles. The first-order chi connectivity index (χ1) is 9.81. The molecule has 1 atom stereocenters. The Morgan fingerprint density at radius 3 is 2.76 bits per heavy atom. The Labute approximate surface area is 126 Å². The van der Waals surface area contributed by atoms with Crippen LogP contribution >= 0.6 is 0 Å². The third kappa shape index (κ3) is 3.65. The van der Waals surface area contributed by atoms with Gasteiger partial charge in [0, 0.05) is 19.8 Å². The summed E-state index contributed by atoms with van der Waals surface area (Å²) in [5.74, 6) is 0.876. The van der Waals surface area contributed by atoms with E-state index in [0.29, 0.717) is 0 Å². The van der Waals surface area contributed by atoms with Crippen LogP contribution in [-0.2, 0) is 4.74 Å². The molecule has 116 valence electrons. The van der Waals surface area contributed by atoms with E-state index in [-0.39, 0.29) is 12.1 Å². The van der Waals surface area contributed by atoms with Gasteiger partial charge in [0.1, 0.15) is 11.4 Å². The first-order valence-corrected chi connectivity index (χ1v) is 7.46. The van der Waals surface area contributed by atoms with Crippen LogP contribution in [0.3, 0.4) is 0 Å². The summed E-state index contributed by atoms with van der Waals surface area (Å²) in [6, 6.07) is 2.17. The van der Waals surface area contributed by atoms with Gasteiger partial charge in [-0.1, -0.05) is 0 Å². The van der Waals surface area contributed by atoms with Crippen molar-refractivity contribution in [3.63, 3.8) is 0 Å². The van der Waals surface area contributed by atoms with Gasteiger partial charge in [-0.2, -0.15) is 0 Å². The lowest BCUT2D eigenvalue weighted by Crippen LogP contribution is -2.36. The quantitative estimate of drug-likeness (QED) is 0.906. The molecule has 1 aliphatic rings. The molecule has 5 heteroatoms. The summed E-state index contributed by atoms with van der Waals surface area (Å²) in [5, 5.41) is 3.06. The highest BCUT2D eigenvalue weighted by molar-refractivity contribution is 5.69. The smallest absolute Gasteiger partial charge is 0.410 e. The van der Waals surface area contributed by atoms with E-state index in [4.69, 9.17) is 4.74 Å². The van der Waals surface area contributed by atoms with Crippen LogP contribution in [-0.4, -0.2) is 35.2 Å². The van der Waals surface area contributed by atoms with Crippen molar-refractivity contribution >= 4 is 11.9 Å². The number of nitrogens with one attached hydrogen (secondary N) is 1. The van der Waals surface area contributed by atoms with E-state index in [9.17, 15) is 4.79 Å². The fourth-order valence-electron chi connectivity index (χ4n) is 2.69. The molecule has 0 saturated carbocycles. The number of nitrogens with zero attached hydrogens (tertiary/aromatic N) is 2. The minimum atomic E-state index is -0.464. The van der Waals surface area contributed by atoms with Crippen molar-refractivity contribution in [1.82, 2.24) is 9.88 Å². The zero-order chi connectivity index (χ0) is 15.6. The minimum Gasteiger partial charge on any atom is -0.444 e. The lowest BCUT2D eigenvalue weighted by molar-refractivity contribution is 0.0224. The average Bonchev–Trinajstić information content (AvgIpc) is 2.85. The van der Waals surface area contributed by atoms with Crippen molar-refractivity contribution in [2.24, 2.45) is 0 Å². The normalized spacial score (nSPS) is 18.7. The number of likely N-dealkylation sites (tertiary alicyclic amines) is 1. The minimum absolute atomic E-state index is 0.0666. The Bertz CT molecular complexity index is 523. The molecule has 1 aromatic heterocycles. The molecular formula is C16H25N3O2. The number of hydrogen-bond donors (Lipinski definition) is 1. The van der Waals surface area contributed by atoms with Gasteiger partial charge in [0.2, 0.25) is 0 Å². The number of pyridine rings is 1. The zero-order valence-corrected chi connectivity index (χ0v) is 13.6. The zero-order valence-electron chi connectivity index (χ0n) is 13.6. The molecule has 1 saturated heterocycles. The topological polar surface area (TPSA) is 54.5 Å². The van der Waals surface area contributed by atoms with E-state index in [1.165, 1.54) is 0 Å². The van der Waals surface area contributed by atoms with E-state index in [0.717, 1.165) is 36.3 Å². The summed E-state index contributed by atoms with van der Waals surface area (Å²) in [5.41, 5.74) is 1.70. The molecule has 2 rings (SSSR count). The molecule has 1 amide bonds. The number of rotatable bonds is 2. The van der Waals surface area contributed by atoms with Gasteiger partial charge in [-0.15, -0.1) is 0 Å². The molecular weight excluding hydrogens is 266 g/mol. The summed E-state index contributed by atoms with van der Waals surface area (Å²) < 4.78 is 5.50. The number of aryl methyl sites for hydroxylation is 1. The number of amides is 1. The van der Waals surface area contributed by atoms with E-state index in [1.54, 1.807) is 0 Å². The van der Waals surface area contributed by atoms with Crippen molar-refractivity contribution in [1.29, 1.82) is 0 Å². The second-order valence-electron chi connectivity index (χ2n) is 6.52. The summed E-state index contributed by atoms with van der Waals surface area (Å²) >= 11 is 0. The van der Waals surface area contributed by atoms with Crippen LogP contribution in [0, 0.1) is 6.92 Å². The number of aromatic nitrogens is 1. The molecule has 1 N–H and O–H groups in total. The van der Waals surface area contributed by atoms with Crippen molar-refractivity contribution in [2.75, 3.05) is 18.9 Å². The number of hydrogen-bond acceptors (Lipinski definition) is 4. The second-order valence-corrected chi connectivity index (χ2v) is 6.52. The fraction of sp³-hybridized carbons (Fsp3) is 0.625. The molecule has 1 aromatic rings. The lowest BCUT2D eigenvalue weighted by Gasteiger charge is -2.29. The molecule has 1 unspecified atom stereocenters. The number of anilines is 1. The second kappa shape index (κ2) is 5.92. The summed E-state index contributed by atoms with van der Waals surface area (Å²) in [4.78, 5) is 18.6. The lowest BCUT2D eigenvalue weighted by atomic mass is 10.0. The third-order valence-corrected chi connectivity index (χ3v) is 3.60. The largest absolute Gasteiger partial charge is 0.444 e. The third-order valence-electron chi connectivity index (χ3n) is 3.60. The molecule has 0 aliphatic carbocycles. The van der Waals surface area contributed by atoms with Gasteiger partial charge < -0.3 is 15.0 Å². The summed E-state index contributed by atoms with van der Waals surface area (Å²) in [6.45, 7) is 8.44. The first-order valence-electron chi connectivity index (χ1n) is 7.46. The highest BCUT2D eigenvalue weighted by atomic mass is 16.6. The molecule has 1 aliphatic heterocycles. The van der Waals surface area contributed by atoms with Crippen molar-refractivity contribution in [2.45, 2.75) is 52.2 Å². The Kier molecular flexibility index (Phi) is 4.40. The van der Waals surface area contributed by atoms with Gasteiger partial charge >= 0.3 is 6.09 Å². The molecule has 1 fully saturated rings. The number of carbonyl (C=O) groups is 1. The van der Waals surface area contributed by atoms with E-state index in [1.807, 2.05) is 45.8 Å². The molecule has 0 aromatic carbocycles. The van der Waals surface area contributed by atoms with Crippen LogP contribution in [0.4, 0.5) is 10.6 Å². The molecule has 0 spiro atoms. The Morgan fingerprint density at radius 2 is 2.19 bits per heavy atom. The van der Waals surface area contributed by atoms with Crippen LogP contribution in [0.15, 0.2) is 12.3 Å². The predicted molar refractivity (Wildman–Crippen MR) is 83.4 cm³/mol. The van der Waals surface area contributed by atoms with Gasteiger partial charge in [0.25, 0.3) is 0 Å². The van der Waals surface area contributed by atoms with Crippen molar-refractivity contribution < 1.29 is 9.53 Å². The number of carbonyl (C=O) groups excluding carboxylic acids is 1. The van der Waals surface area contributed by atoms with Crippen LogP contribution in [0.2, 0.25) is 0 Å². The Hall–Kier alpha value is -1.78. The monoisotopic (exact) mass is 291 g/mol. The average molecular weight is 291 g/mol. The van der Waals surface area contributed by atoms with Gasteiger partial charge in [0.05, 0.1) is 6.04 Å². The van der Waals surface area contributed by atoms with Gasteiger partial charge in [-0.05, 0) is 57.7 Å². The van der Waals surface area contributed by atoms with Gasteiger partial charge in [-0.3, -0.25) is 0 Å². The fourth-order valence-corrected chi connectivity index (χ4v) is 2.69. The maximum absolute atomic E-state index is 12.3. The molecule has 21 heavy (non-hydrogen) atoms. The Morgan fingerprint density at radius 1 is 1.48 bits per heavy atom. The maximum Gasteiger partial charge on any atom is 0.410 e. The highest BCUT2D eigenvalue weighted by Crippen LogP contribution is 2.33. The van der Waals surface area contributed by atoms with Gasteiger partial charge in [0.15, 0.2) is 0 Å². The molecule has 5 nitrogen and oxygen atoms in total. The van der Waals surface area contributed by atoms with E-state index >= 15 is 0 Å². The summed E-state index contributed by atoms with van der Waals surface area (Å²) in [6.07, 6.45) is 3.57. The molecule has 0 bridgehead atoms. The van der Waals surface area contributed by atoms with Crippen molar-refractivity contribution in [3.05, 3.63) is 23.4 Å². The SMILES string of the molecule is CNc1ncc(C2CCCN2C(=O)OC(C)(C)C)cc1C. The number of ether oxygens (including phenoxy) is 1. The van der Waals surface area contributed by atoms with Gasteiger partial charge in [-0.25, -0.2) is 9.78 Å². The van der Waals surface area contributed by atoms with Crippen LogP contribution in [0.5, 0.6) is 0 Å².